The Morgan fingerprint density at radius 1 is 1.00 bits per heavy atom. The van der Waals surface area contributed by atoms with Gasteiger partial charge in [-0.1, -0.05) is 59.1 Å². The van der Waals surface area contributed by atoms with E-state index in [0.29, 0.717) is 5.56 Å². The van der Waals surface area contributed by atoms with Crippen molar-refractivity contribution in [2.75, 3.05) is 0 Å². The number of ether oxygens (including phenoxy) is 1. The lowest BCUT2D eigenvalue weighted by Gasteiger charge is -2.27. The minimum absolute atomic E-state index is 0.0130. The summed E-state index contributed by atoms with van der Waals surface area (Å²) in [5.74, 6) is -0.0256. The van der Waals surface area contributed by atoms with Crippen LogP contribution in [0.3, 0.4) is 0 Å². The van der Waals surface area contributed by atoms with Crippen LogP contribution in [0.5, 0.6) is 0 Å². The van der Waals surface area contributed by atoms with Gasteiger partial charge in [-0.15, -0.1) is 0 Å². The molecule has 0 saturated heterocycles. The van der Waals surface area contributed by atoms with Crippen molar-refractivity contribution < 1.29 is 29.1 Å². The molecule has 0 radical (unpaired) electrons. The maximum absolute atomic E-state index is 11.9. The van der Waals surface area contributed by atoms with Crippen molar-refractivity contribution in [2.24, 2.45) is 5.92 Å². The van der Waals surface area contributed by atoms with Crippen molar-refractivity contribution in [1.82, 2.24) is 0 Å². The number of benzene rings is 1. The van der Waals surface area contributed by atoms with Gasteiger partial charge in [0.1, 0.15) is 6.10 Å². The molecule has 6 heteroatoms. The van der Waals surface area contributed by atoms with Gasteiger partial charge in [0.2, 0.25) is 0 Å². The molecule has 0 aromatic heterocycles. The molecule has 0 spiro atoms. The predicted molar refractivity (Wildman–Crippen MR) is 104 cm³/mol. The highest BCUT2D eigenvalue weighted by Gasteiger charge is 2.25. The van der Waals surface area contributed by atoms with Gasteiger partial charge in [-0.2, -0.15) is 0 Å². The van der Waals surface area contributed by atoms with Crippen LogP contribution in [0.15, 0.2) is 24.3 Å². The molecule has 1 aromatic rings. The predicted octanol–water partition coefficient (Wildman–Crippen LogP) is 5.89. The minimum atomic E-state index is -0.993. The molecule has 6 nitrogen and oxygen atoms in total. The van der Waals surface area contributed by atoms with Crippen LogP contribution >= 0.6 is 0 Å². The highest BCUT2D eigenvalue weighted by Crippen LogP contribution is 2.30. The van der Waals surface area contributed by atoms with Gasteiger partial charge in [-0.3, -0.25) is 4.89 Å². The first kappa shape index (κ1) is 22.2. The highest BCUT2D eigenvalue weighted by molar-refractivity contribution is 5.88. The summed E-state index contributed by atoms with van der Waals surface area (Å²) in [4.78, 5) is 32.5. The van der Waals surface area contributed by atoms with Crippen LogP contribution < -0.4 is 0 Å². The average molecular weight is 392 g/mol. The van der Waals surface area contributed by atoms with Crippen LogP contribution in [-0.4, -0.2) is 18.2 Å². The van der Waals surface area contributed by atoms with E-state index < -0.39 is 12.1 Å². The molecule has 1 aromatic carbocycles. The Morgan fingerprint density at radius 2 is 1.64 bits per heavy atom. The summed E-state index contributed by atoms with van der Waals surface area (Å²) >= 11 is 0. The van der Waals surface area contributed by atoms with E-state index in [1.165, 1.54) is 19.3 Å². The minimum Gasteiger partial charge on any atom is -0.429 e. The standard InChI is InChI=1S/C22H32O6/c1-5-6-7-16-8-14-19(15-9-16)25-21(24)27-28-26-20(23)17-10-12-18(13-11-17)22(2,3)4/h10-13,16,19H,5-9,14-15H2,1-4H3. The molecule has 0 amide bonds. The first-order chi connectivity index (χ1) is 13.3. The van der Waals surface area contributed by atoms with Crippen LogP contribution in [-0.2, 0) is 25.0 Å². The summed E-state index contributed by atoms with van der Waals surface area (Å²) in [5.41, 5.74) is 1.38. The maximum Gasteiger partial charge on any atom is 0.543 e. The zero-order valence-electron chi connectivity index (χ0n) is 17.4. The highest BCUT2D eigenvalue weighted by atomic mass is 17.5. The molecule has 1 saturated carbocycles. The number of unbranched alkanes of at least 4 members (excludes halogenated alkanes) is 1. The first-order valence-corrected chi connectivity index (χ1v) is 10.2. The van der Waals surface area contributed by atoms with Gasteiger partial charge in [-0.05, 0) is 54.7 Å². The molecule has 156 valence electrons. The second-order valence-corrected chi connectivity index (χ2v) is 8.50. The van der Waals surface area contributed by atoms with Gasteiger partial charge in [0.25, 0.3) is 0 Å². The third-order valence-corrected chi connectivity index (χ3v) is 5.22. The van der Waals surface area contributed by atoms with E-state index in [2.05, 4.69) is 42.5 Å². The smallest absolute Gasteiger partial charge is 0.429 e. The zero-order valence-corrected chi connectivity index (χ0v) is 17.4. The van der Waals surface area contributed by atoms with Crippen LogP contribution in [0.25, 0.3) is 0 Å². The van der Waals surface area contributed by atoms with E-state index in [4.69, 9.17) is 4.74 Å². The molecule has 1 aliphatic carbocycles. The fourth-order valence-electron chi connectivity index (χ4n) is 3.42. The van der Waals surface area contributed by atoms with E-state index in [-0.39, 0.29) is 11.5 Å². The van der Waals surface area contributed by atoms with E-state index in [1.807, 2.05) is 12.1 Å². The number of carbonyl (C=O) groups is 2. The summed E-state index contributed by atoms with van der Waals surface area (Å²) < 4.78 is 5.21. The van der Waals surface area contributed by atoms with Gasteiger partial charge in [0.15, 0.2) is 0 Å². The number of hydrogen-bond donors (Lipinski definition) is 0. The molecule has 0 atom stereocenters. The Labute approximate surface area is 167 Å². The van der Waals surface area contributed by atoms with Crippen LogP contribution in [0, 0.1) is 5.92 Å². The Hall–Kier alpha value is -2.08. The van der Waals surface area contributed by atoms with E-state index in [9.17, 15) is 9.59 Å². The van der Waals surface area contributed by atoms with Crippen molar-refractivity contribution >= 4 is 12.1 Å². The Bertz CT molecular complexity index is 623. The third-order valence-electron chi connectivity index (χ3n) is 5.22. The lowest BCUT2D eigenvalue weighted by molar-refractivity contribution is -0.453. The Kier molecular flexibility index (Phi) is 8.30. The Balaban J connectivity index is 1.66. The summed E-state index contributed by atoms with van der Waals surface area (Å²) in [6.07, 6.45) is 6.28. The van der Waals surface area contributed by atoms with E-state index in [1.54, 1.807) is 12.1 Å². The lowest BCUT2D eigenvalue weighted by atomic mass is 9.84. The number of hydrogen-bond acceptors (Lipinski definition) is 6. The molecular formula is C22H32O6. The fourth-order valence-corrected chi connectivity index (χ4v) is 3.42. The summed E-state index contributed by atoms with van der Waals surface area (Å²) in [6.45, 7) is 8.44. The molecule has 28 heavy (non-hydrogen) atoms. The quantitative estimate of drug-likeness (QED) is 0.327. The monoisotopic (exact) mass is 392 g/mol. The Morgan fingerprint density at radius 3 is 2.21 bits per heavy atom. The SMILES string of the molecule is CCCCC1CCC(OC(=O)OOOC(=O)c2ccc(C(C)(C)C)cc2)CC1. The summed E-state index contributed by atoms with van der Waals surface area (Å²) in [6, 6.07) is 6.98. The van der Waals surface area contributed by atoms with E-state index >= 15 is 0 Å². The van der Waals surface area contributed by atoms with Gasteiger partial charge >= 0.3 is 12.1 Å². The van der Waals surface area contributed by atoms with Gasteiger partial charge in [0, 0.05) is 0 Å². The molecule has 1 fully saturated rings. The van der Waals surface area contributed by atoms with Crippen molar-refractivity contribution in [2.45, 2.75) is 84.2 Å². The molecule has 1 aliphatic rings. The molecular weight excluding hydrogens is 360 g/mol. The second kappa shape index (κ2) is 10.5. The maximum atomic E-state index is 11.9. The molecule has 2 rings (SSSR count). The normalized spacial score (nSPS) is 19.7. The van der Waals surface area contributed by atoms with E-state index in [0.717, 1.165) is 37.2 Å². The summed E-state index contributed by atoms with van der Waals surface area (Å²) in [5, 5.41) is 4.30. The zero-order chi connectivity index (χ0) is 20.6. The van der Waals surface area contributed by atoms with Gasteiger partial charge in [-0.25, -0.2) is 14.5 Å². The first-order valence-electron chi connectivity index (χ1n) is 10.2. The molecule has 0 aliphatic heterocycles. The van der Waals surface area contributed by atoms with Crippen molar-refractivity contribution in [3.05, 3.63) is 35.4 Å². The molecule has 0 unspecified atom stereocenters. The van der Waals surface area contributed by atoms with Crippen LogP contribution in [0.4, 0.5) is 4.79 Å². The third kappa shape index (κ3) is 7.15. The van der Waals surface area contributed by atoms with Gasteiger partial charge < -0.3 is 4.74 Å². The van der Waals surface area contributed by atoms with Gasteiger partial charge in [0.05, 0.1) is 10.6 Å². The largest absolute Gasteiger partial charge is 0.543 e. The number of rotatable bonds is 7. The number of carbonyl (C=O) groups excluding carboxylic acids is 2. The van der Waals surface area contributed by atoms with Crippen molar-refractivity contribution in [3.63, 3.8) is 0 Å². The molecule has 0 bridgehead atoms. The molecule has 0 N–H and O–H groups in total. The van der Waals surface area contributed by atoms with Crippen LogP contribution in [0.1, 0.15) is 88.6 Å². The van der Waals surface area contributed by atoms with Crippen molar-refractivity contribution in [3.8, 4) is 0 Å². The van der Waals surface area contributed by atoms with Crippen LogP contribution in [0.2, 0.25) is 0 Å². The fraction of sp³-hybridized carbons (Fsp3) is 0.636. The lowest BCUT2D eigenvalue weighted by Crippen LogP contribution is -2.25. The molecule has 0 heterocycles. The topological polar surface area (TPSA) is 71.1 Å². The summed E-state index contributed by atoms with van der Waals surface area (Å²) in [7, 11) is 0. The van der Waals surface area contributed by atoms with Crippen molar-refractivity contribution in [1.29, 1.82) is 0 Å². The average Bonchev–Trinajstić information content (AvgIpc) is 2.67. The second-order valence-electron chi connectivity index (χ2n) is 8.50.